The molecule has 0 saturated heterocycles. The largest absolute Gasteiger partial charge is 0.299 e. The highest BCUT2D eigenvalue weighted by Crippen LogP contribution is 2.51. The molecule has 5 heteroatoms. The van der Waals surface area contributed by atoms with Crippen LogP contribution in [0.15, 0.2) is 60.4 Å². The Kier molecular flexibility index (Phi) is 5.35. The fraction of sp³-hybridized carbons (Fsp3) is 0.346. The fourth-order valence-electron chi connectivity index (χ4n) is 5.38. The molecule has 0 amide bonds. The van der Waals surface area contributed by atoms with Crippen LogP contribution in [0.3, 0.4) is 0 Å². The highest BCUT2D eigenvalue weighted by atomic mass is 35.5. The number of nitrogens with zero attached hydrogens (tertiary/aromatic N) is 2. The van der Waals surface area contributed by atoms with E-state index < -0.39 is 0 Å². The second-order valence-electron chi connectivity index (χ2n) is 8.95. The first kappa shape index (κ1) is 20.3. The van der Waals surface area contributed by atoms with Crippen molar-refractivity contribution >= 4 is 28.3 Å². The molecular weight excluding hydrogens is 411 g/mol. The third-order valence-corrected chi connectivity index (χ3v) is 7.28. The molecule has 1 fully saturated rings. The van der Waals surface area contributed by atoms with Gasteiger partial charge < -0.3 is 0 Å². The lowest BCUT2D eigenvalue weighted by Crippen LogP contribution is -2.16. The number of fused-ring (bicyclic) bond motifs is 2. The van der Waals surface area contributed by atoms with E-state index in [-0.39, 0.29) is 17.5 Å². The second-order valence-corrected chi connectivity index (χ2v) is 9.34. The lowest BCUT2D eigenvalue weighted by Gasteiger charge is -2.17. The number of benzene rings is 1. The highest BCUT2D eigenvalue weighted by Gasteiger charge is 2.40. The lowest BCUT2D eigenvalue weighted by molar-refractivity contribution is -0.120. The molecule has 2 aliphatic rings. The van der Waals surface area contributed by atoms with Crippen molar-refractivity contribution in [1.82, 2.24) is 9.97 Å². The van der Waals surface area contributed by atoms with E-state index in [1.807, 2.05) is 25.3 Å². The molecule has 31 heavy (non-hydrogen) atoms. The number of ketones is 1. The number of carbonyl (C=O) groups excluding carboxylic acids is 1. The lowest BCUT2D eigenvalue weighted by atomic mass is 9.88. The van der Waals surface area contributed by atoms with Crippen molar-refractivity contribution in [2.45, 2.75) is 38.5 Å². The summed E-state index contributed by atoms with van der Waals surface area (Å²) in [5.41, 5.74) is 4.22. The summed E-state index contributed by atoms with van der Waals surface area (Å²) in [7, 11) is 0. The molecule has 158 valence electrons. The van der Waals surface area contributed by atoms with E-state index in [1.54, 1.807) is 24.4 Å². The van der Waals surface area contributed by atoms with Crippen molar-refractivity contribution in [2.75, 3.05) is 0 Å². The van der Waals surface area contributed by atoms with Gasteiger partial charge >= 0.3 is 0 Å². The van der Waals surface area contributed by atoms with Gasteiger partial charge in [-0.15, -0.1) is 0 Å². The molecule has 1 unspecified atom stereocenters. The van der Waals surface area contributed by atoms with Gasteiger partial charge in [0.05, 0.1) is 5.52 Å². The fourth-order valence-corrected chi connectivity index (χ4v) is 5.50. The molecule has 2 heterocycles. The maximum absolute atomic E-state index is 13.8. The quantitative estimate of drug-likeness (QED) is 0.349. The molecule has 0 bridgehead atoms. The number of hydrogen-bond donors (Lipinski definition) is 0. The van der Waals surface area contributed by atoms with Crippen LogP contribution in [0.2, 0.25) is 5.15 Å². The van der Waals surface area contributed by atoms with Crippen LogP contribution in [0.25, 0.3) is 10.9 Å². The van der Waals surface area contributed by atoms with Crippen LogP contribution >= 0.6 is 11.6 Å². The molecule has 0 N–H and O–H groups in total. The van der Waals surface area contributed by atoms with Crippen molar-refractivity contribution in [2.24, 2.45) is 17.8 Å². The van der Waals surface area contributed by atoms with Gasteiger partial charge in [0.25, 0.3) is 0 Å². The predicted molar refractivity (Wildman–Crippen MR) is 120 cm³/mol. The Hall–Kier alpha value is -2.59. The predicted octanol–water partition coefficient (Wildman–Crippen LogP) is 6.31. The Morgan fingerprint density at radius 1 is 1.19 bits per heavy atom. The molecular formula is C26H24ClFN2O. The number of Topliss-reactive ketones (excluding diaryl/α,β-unsaturated/α-hetero) is 1. The monoisotopic (exact) mass is 434 g/mol. The average Bonchev–Trinajstić information content (AvgIpc) is 3.33. The molecule has 5 rings (SSSR count). The topological polar surface area (TPSA) is 42.9 Å². The first-order chi connectivity index (χ1) is 15.0. The summed E-state index contributed by atoms with van der Waals surface area (Å²) in [5.74, 6) is 1.39. The van der Waals surface area contributed by atoms with E-state index in [1.165, 1.54) is 17.2 Å². The summed E-state index contributed by atoms with van der Waals surface area (Å²) in [6.45, 7) is 2.02. The van der Waals surface area contributed by atoms with Crippen molar-refractivity contribution in [3.63, 3.8) is 0 Å². The minimum atomic E-state index is -0.217. The second kappa shape index (κ2) is 8.16. The number of hydrogen-bond acceptors (Lipinski definition) is 3. The van der Waals surface area contributed by atoms with Gasteiger partial charge in [-0.3, -0.25) is 9.78 Å². The first-order valence-corrected chi connectivity index (χ1v) is 11.2. The zero-order chi connectivity index (χ0) is 21.5. The molecule has 3 nitrogen and oxygen atoms in total. The van der Waals surface area contributed by atoms with E-state index in [0.717, 1.165) is 35.7 Å². The summed E-state index contributed by atoms with van der Waals surface area (Å²) in [6, 6.07) is 10.5. The molecule has 3 aromatic rings. The van der Waals surface area contributed by atoms with Gasteiger partial charge in [-0.05, 0) is 78.5 Å². The van der Waals surface area contributed by atoms with Gasteiger partial charge in [-0.1, -0.05) is 36.2 Å². The summed E-state index contributed by atoms with van der Waals surface area (Å²) in [4.78, 5) is 21.3. The third kappa shape index (κ3) is 4.01. The van der Waals surface area contributed by atoms with Crippen LogP contribution in [-0.4, -0.2) is 15.8 Å². The molecule has 0 spiro atoms. The number of carbonyl (C=O) groups is 1. The van der Waals surface area contributed by atoms with E-state index in [4.69, 9.17) is 11.6 Å². The molecule has 2 aliphatic carbocycles. The van der Waals surface area contributed by atoms with Gasteiger partial charge in [-0.2, -0.15) is 0 Å². The maximum Gasteiger partial charge on any atom is 0.144 e. The van der Waals surface area contributed by atoms with Gasteiger partial charge in [0.1, 0.15) is 16.8 Å². The Balaban J connectivity index is 1.29. The smallest absolute Gasteiger partial charge is 0.144 e. The van der Waals surface area contributed by atoms with E-state index in [9.17, 15) is 9.18 Å². The van der Waals surface area contributed by atoms with Crippen molar-refractivity contribution < 1.29 is 9.18 Å². The Morgan fingerprint density at radius 3 is 2.84 bits per heavy atom. The molecule has 1 aromatic carbocycles. The summed E-state index contributed by atoms with van der Waals surface area (Å²) < 4.78 is 13.8. The number of allylic oxidation sites excluding steroid dienone is 2. The molecule has 2 aromatic heterocycles. The van der Waals surface area contributed by atoms with Crippen molar-refractivity contribution in [3.8, 4) is 0 Å². The van der Waals surface area contributed by atoms with E-state index in [2.05, 4.69) is 16.0 Å². The summed E-state index contributed by atoms with van der Waals surface area (Å²) >= 11 is 5.84. The summed E-state index contributed by atoms with van der Waals surface area (Å²) in [5, 5.41) is 1.37. The summed E-state index contributed by atoms with van der Waals surface area (Å²) in [6.07, 6.45) is 9.33. The van der Waals surface area contributed by atoms with Crippen LogP contribution in [0.5, 0.6) is 0 Å². The zero-order valence-electron chi connectivity index (χ0n) is 17.4. The van der Waals surface area contributed by atoms with Gasteiger partial charge in [0, 0.05) is 30.1 Å². The standard InChI is InChI=1S/C26H24ClFN2O/c1-15(25(31)8-16-2-5-26(27)30-14-16)17-9-18-11-20(12-19(18)10-17)22-6-7-29-24-4-3-21(28)13-23(22)24/h2-7,9,13-15,18-20H,8,10-12H2,1H3/t15?,18-,19+,20+/m0/s1. The number of rotatable bonds is 5. The SMILES string of the molecule is CC(C(=O)Cc1ccc(Cl)nc1)C1=C[C@H]2C[C@@H](c3ccnc4ccc(F)cc34)C[C@H]2C1. The minimum absolute atomic E-state index is 0.0735. The number of aromatic nitrogens is 2. The number of pyridine rings is 2. The van der Waals surface area contributed by atoms with Crippen molar-refractivity contribution in [1.29, 1.82) is 0 Å². The molecule has 4 atom stereocenters. The number of halogens is 2. The maximum atomic E-state index is 13.8. The average molecular weight is 435 g/mol. The van der Waals surface area contributed by atoms with Crippen LogP contribution in [-0.2, 0) is 11.2 Å². The van der Waals surface area contributed by atoms with Crippen LogP contribution in [0.4, 0.5) is 4.39 Å². The zero-order valence-corrected chi connectivity index (χ0v) is 18.1. The van der Waals surface area contributed by atoms with Gasteiger partial charge in [-0.25, -0.2) is 9.37 Å². The first-order valence-electron chi connectivity index (χ1n) is 10.9. The van der Waals surface area contributed by atoms with Gasteiger partial charge in [0.2, 0.25) is 0 Å². The third-order valence-electron chi connectivity index (χ3n) is 7.06. The molecule has 1 saturated carbocycles. The molecule has 0 radical (unpaired) electrons. The Morgan fingerprint density at radius 2 is 2.06 bits per heavy atom. The minimum Gasteiger partial charge on any atom is -0.299 e. The Bertz CT molecular complexity index is 1170. The van der Waals surface area contributed by atoms with Crippen LogP contribution in [0, 0.1) is 23.6 Å². The van der Waals surface area contributed by atoms with Crippen LogP contribution in [0.1, 0.15) is 43.2 Å². The van der Waals surface area contributed by atoms with E-state index in [0.29, 0.717) is 29.3 Å². The molecule has 0 aliphatic heterocycles. The van der Waals surface area contributed by atoms with Gasteiger partial charge in [0.15, 0.2) is 0 Å². The van der Waals surface area contributed by atoms with E-state index >= 15 is 0 Å². The highest BCUT2D eigenvalue weighted by molar-refractivity contribution is 6.29. The Labute approximate surface area is 186 Å². The van der Waals surface area contributed by atoms with Crippen molar-refractivity contribution in [3.05, 3.63) is 82.5 Å². The normalized spacial score (nSPS) is 23.6. The van der Waals surface area contributed by atoms with Crippen LogP contribution < -0.4 is 0 Å².